The number of hydrogen-bond donors (Lipinski definition) is 1. The molecule has 0 bridgehead atoms. The smallest absolute Gasteiger partial charge is 0.240 e. The Balaban J connectivity index is 3.38. The molecule has 1 radical (unpaired) electrons. The van der Waals surface area contributed by atoms with E-state index in [1.165, 1.54) is 6.08 Å². The molecule has 0 aromatic heterocycles. The number of nitrogens with one attached hydrogen (secondary N) is 1. The number of hydrogen-bond acceptors (Lipinski definition) is 5. The lowest BCUT2D eigenvalue weighted by Gasteiger charge is -2.29. The van der Waals surface area contributed by atoms with E-state index in [0.29, 0.717) is 12.1 Å². The Morgan fingerprint density at radius 2 is 1.95 bits per heavy atom. The van der Waals surface area contributed by atoms with Crippen molar-refractivity contribution in [2.24, 2.45) is 4.99 Å². The Kier molecular flexibility index (Phi) is 4.30. The summed E-state index contributed by atoms with van der Waals surface area (Å²) in [6.45, 7) is 8.66. The monoisotopic (exact) mass is 266 g/mol. The molecule has 19 heavy (non-hydrogen) atoms. The summed E-state index contributed by atoms with van der Waals surface area (Å²) in [6, 6.07) is 0. The fourth-order valence-corrected chi connectivity index (χ4v) is 2.31. The average Bonchev–Trinajstić information content (AvgIpc) is 2.47. The van der Waals surface area contributed by atoms with Crippen LogP contribution in [0.4, 0.5) is 0 Å². The van der Waals surface area contributed by atoms with Gasteiger partial charge in [-0.1, -0.05) is 6.92 Å². The first-order valence-corrected chi connectivity index (χ1v) is 6.30. The second kappa shape index (κ2) is 5.25. The van der Waals surface area contributed by atoms with Crippen LogP contribution in [0.25, 0.3) is 0 Å². The molecule has 0 aromatic carbocycles. The molecule has 1 saturated heterocycles. The van der Waals surface area contributed by atoms with E-state index in [4.69, 9.17) is 0 Å². The zero-order chi connectivity index (χ0) is 14.8. The quantitative estimate of drug-likeness (QED) is 0.476. The van der Waals surface area contributed by atoms with E-state index in [-0.39, 0.29) is 17.9 Å². The van der Waals surface area contributed by atoms with Crippen LogP contribution in [0.3, 0.4) is 0 Å². The third-order valence-corrected chi connectivity index (χ3v) is 3.19. The van der Waals surface area contributed by atoms with Crippen LogP contribution in [0.5, 0.6) is 0 Å². The SMILES string of the molecule is CCCC(=O)/C(N=C=O)=C1\NC(C)(C)N([O])C1(C)C. The summed E-state index contributed by atoms with van der Waals surface area (Å²) < 4.78 is 0. The lowest BCUT2D eigenvalue weighted by Crippen LogP contribution is -2.47. The summed E-state index contributed by atoms with van der Waals surface area (Å²) in [5.74, 6) is -0.257. The van der Waals surface area contributed by atoms with Gasteiger partial charge in [0, 0.05) is 6.42 Å². The molecule has 1 aliphatic heterocycles. The van der Waals surface area contributed by atoms with E-state index in [1.807, 2.05) is 6.92 Å². The molecule has 1 aliphatic rings. The number of Topliss-reactive ketones (excluding diaryl/α,β-unsaturated/α-hetero) is 1. The maximum atomic E-state index is 12.2. The Labute approximate surface area is 113 Å². The number of allylic oxidation sites excluding steroid dienone is 1. The van der Waals surface area contributed by atoms with Crippen LogP contribution < -0.4 is 5.32 Å². The highest BCUT2D eigenvalue weighted by atomic mass is 16.5. The van der Waals surface area contributed by atoms with Crippen molar-refractivity contribution >= 4 is 11.9 Å². The number of isocyanates is 1. The van der Waals surface area contributed by atoms with Gasteiger partial charge >= 0.3 is 0 Å². The number of aliphatic imine (C=N–C) groups is 1. The molecule has 0 amide bonds. The average molecular weight is 266 g/mol. The Hall–Kier alpha value is -1.49. The number of carbonyl (C=O) groups excluding carboxylic acids is 2. The number of ketones is 1. The van der Waals surface area contributed by atoms with Gasteiger partial charge < -0.3 is 5.32 Å². The summed E-state index contributed by atoms with van der Waals surface area (Å²) >= 11 is 0. The number of hydroxylamine groups is 2. The number of nitrogens with zero attached hydrogens (tertiary/aromatic N) is 2. The lowest BCUT2D eigenvalue weighted by atomic mass is 9.98. The highest BCUT2D eigenvalue weighted by Gasteiger charge is 2.51. The van der Waals surface area contributed by atoms with E-state index < -0.39 is 11.2 Å². The molecule has 0 saturated carbocycles. The molecular weight excluding hydrogens is 246 g/mol. The molecule has 6 nitrogen and oxygen atoms in total. The maximum Gasteiger partial charge on any atom is 0.240 e. The van der Waals surface area contributed by atoms with Crippen molar-refractivity contribution in [3.8, 4) is 0 Å². The van der Waals surface area contributed by atoms with Crippen molar-refractivity contribution in [1.29, 1.82) is 0 Å². The number of carbonyl (C=O) groups is 1. The van der Waals surface area contributed by atoms with Crippen molar-refractivity contribution in [3.05, 3.63) is 11.4 Å². The summed E-state index contributed by atoms with van der Waals surface area (Å²) in [5.41, 5.74) is -1.40. The van der Waals surface area contributed by atoms with Gasteiger partial charge in [-0.3, -0.25) is 4.79 Å². The van der Waals surface area contributed by atoms with Gasteiger partial charge in [0.15, 0.2) is 5.78 Å². The van der Waals surface area contributed by atoms with Gasteiger partial charge in [-0.2, -0.15) is 4.99 Å². The van der Waals surface area contributed by atoms with Crippen LogP contribution in [0.1, 0.15) is 47.5 Å². The summed E-state index contributed by atoms with van der Waals surface area (Å²) in [5, 5.41) is 16.1. The minimum atomic E-state index is -0.942. The largest absolute Gasteiger partial charge is 0.366 e. The van der Waals surface area contributed by atoms with Gasteiger partial charge in [0.05, 0.1) is 11.2 Å². The molecule has 0 spiro atoms. The normalized spacial score (nSPS) is 23.5. The van der Waals surface area contributed by atoms with E-state index in [9.17, 15) is 14.8 Å². The fraction of sp³-hybridized carbons (Fsp3) is 0.692. The summed E-state index contributed by atoms with van der Waals surface area (Å²) in [6.07, 6.45) is 2.33. The highest BCUT2D eigenvalue weighted by Crippen LogP contribution is 2.37. The van der Waals surface area contributed by atoms with Crippen molar-refractivity contribution in [2.45, 2.75) is 58.7 Å². The lowest BCUT2D eigenvalue weighted by molar-refractivity contribution is -0.243. The fourth-order valence-electron chi connectivity index (χ4n) is 2.31. The van der Waals surface area contributed by atoms with Gasteiger partial charge in [-0.05, 0) is 34.1 Å². The predicted octanol–water partition coefficient (Wildman–Crippen LogP) is 1.67. The Morgan fingerprint density at radius 3 is 2.32 bits per heavy atom. The maximum absolute atomic E-state index is 12.2. The predicted molar refractivity (Wildman–Crippen MR) is 68.9 cm³/mol. The van der Waals surface area contributed by atoms with Crippen LogP contribution in [0.2, 0.25) is 0 Å². The molecule has 0 atom stereocenters. The van der Waals surface area contributed by atoms with Gasteiger partial charge in [-0.15, -0.1) is 10.3 Å². The first-order valence-electron chi connectivity index (χ1n) is 6.30. The second-order valence-corrected chi connectivity index (χ2v) is 5.64. The summed E-state index contributed by atoms with van der Waals surface area (Å²) in [7, 11) is 0. The third-order valence-electron chi connectivity index (χ3n) is 3.19. The minimum Gasteiger partial charge on any atom is -0.366 e. The Bertz CT molecular complexity index is 460. The first kappa shape index (κ1) is 15.6. The van der Waals surface area contributed by atoms with Crippen molar-refractivity contribution in [2.75, 3.05) is 0 Å². The zero-order valence-corrected chi connectivity index (χ0v) is 12.0. The molecule has 0 unspecified atom stereocenters. The van der Waals surface area contributed by atoms with Crippen LogP contribution in [-0.4, -0.2) is 28.1 Å². The van der Waals surface area contributed by atoms with Crippen molar-refractivity contribution in [1.82, 2.24) is 10.4 Å². The molecule has 1 N–H and O–H groups in total. The van der Waals surface area contributed by atoms with E-state index in [0.717, 1.165) is 5.06 Å². The zero-order valence-electron chi connectivity index (χ0n) is 12.0. The molecule has 0 aromatic rings. The van der Waals surface area contributed by atoms with Crippen molar-refractivity contribution in [3.63, 3.8) is 0 Å². The molecule has 1 fully saturated rings. The van der Waals surface area contributed by atoms with Gasteiger partial charge in [0.25, 0.3) is 0 Å². The van der Waals surface area contributed by atoms with Crippen LogP contribution in [0, 0.1) is 0 Å². The summed E-state index contributed by atoms with van der Waals surface area (Å²) in [4.78, 5) is 26.1. The molecule has 0 aliphatic carbocycles. The molecular formula is C13H20N3O3. The molecule has 1 heterocycles. The molecule has 1 rings (SSSR count). The Morgan fingerprint density at radius 1 is 1.37 bits per heavy atom. The number of rotatable bonds is 4. The van der Waals surface area contributed by atoms with Crippen LogP contribution in [0.15, 0.2) is 16.4 Å². The molecule has 6 heteroatoms. The molecule has 105 valence electrons. The standard InChI is InChI=1S/C13H20N3O3/c1-6-7-9(18)10(14-8-17)11-12(2,3)16(19)13(4,5)15-11/h15H,6-7H2,1-5H3/b11-10+. The van der Waals surface area contributed by atoms with Crippen LogP contribution >= 0.6 is 0 Å². The van der Waals surface area contributed by atoms with Gasteiger partial charge in [0.2, 0.25) is 6.08 Å². The second-order valence-electron chi connectivity index (χ2n) is 5.64. The van der Waals surface area contributed by atoms with E-state index >= 15 is 0 Å². The van der Waals surface area contributed by atoms with Crippen LogP contribution in [-0.2, 0) is 14.8 Å². The highest BCUT2D eigenvalue weighted by molar-refractivity contribution is 5.96. The van der Waals surface area contributed by atoms with E-state index in [1.54, 1.807) is 27.7 Å². The minimum absolute atomic E-state index is 0.00766. The topological polar surface area (TPSA) is 81.7 Å². The van der Waals surface area contributed by atoms with E-state index in [2.05, 4.69) is 10.3 Å². The first-order chi connectivity index (χ1) is 8.68. The van der Waals surface area contributed by atoms with Gasteiger partial charge in [-0.25, -0.2) is 4.79 Å². The van der Waals surface area contributed by atoms with Gasteiger partial charge in [0.1, 0.15) is 11.4 Å². The third kappa shape index (κ3) is 2.76. The van der Waals surface area contributed by atoms with Crippen molar-refractivity contribution < 1.29 is 14.8 Å².